The van der Waals surface area contributed by atoms with Gasteiger partial charge in [-0.2, -0.15) is 0 Å². The number of primary amides is 1. The van der Waals surface area contributed by atoms with Crippen LogP contribution in [-0.2, 0) is 9.53 Å². The Morgan fingerprint density at radius 2 is 2.21 bits per heavy atom. The number of carbonyl (C=O) groups excluding carboxylic acids is 1. The number of likely N-dealkylation sites (tertiary alicyclic amines) is 1. The summed E-state index contributed by atoms with van der Waals surface area (Å²) in [5, 5.41) is 0. The largest absolute Gasteiger partial charge is 0.380 e. The molecular formula is C10H16N2O2. The van der Waals surface area contributed by atoms with E-state index in [9.17, 15) is 4.79 Å². The Morgan fingerprint density at radius 1 is 1.57 bits per heavy atom. The van der Waals surface area contributed by atoms with Gasteiger partial charge in [-0.05, 0) is 6.42 Å². The van der Waals surface area contributed by atoms with E-state index in [4.69, 9.17) is 10.5 Å². The zero-order chi connectivity index (χ0) is 10.2. The van der Waals surface area contributed by atoms with Crippen molar-refractivity contribution in [1.29, 1.82) is 0 Å². The van der Waals surface area contributed by atoms with Crippen molar-refractivity contribution >= 4 is 5.91 Å². The normalized spacial score (nSPS) is 24.4. The van der Waals surface area contributed by atoms with Gasteiger partial charge in [0, 0.05) is 13.1 Å². The van der Waals surface area contributed by atoms with Crippen LogP contribution in [0.2, 0.25) is 0 Å². The molecule has 0 radical (unpaired) electrons. The molecule has 14 heavy (non-hydrogen) atoms. The maximum atomic E-state index is 11.1. The molecule has 0 bridgehead atoms. The maximum Gasteiger partial charge on any atom is 0.264 e. The number of rotatable bonds is 3. The quantitative estimate of drug-likeness (QED) is 0.651. The lowest BCUT2D eigenvalue weighted by Gasteiger charge is -2.56. The Hall–Kier alpha value is -1.03. The van der Waals surface area contributed by atoms with Crippen molar-refractivity contribution in [2.24, 2.45) is 11.1 Å². The number of amides is 1. The highest BCUT2D eigenvalue weighted by Crippen LogP contribution is 2.39. The number of hydrogen-bond donors (Lipinski definition) is 1. The Labute approximate surface area is 83.7 Å². The van der Waals surface area contributed by atoms with Gasteiger partial charge in [0.05, 0.1) is 24.3 Å². The summed E-state index contributed by atoms with van der Waals surface area (Å²) in [6, 6.07) is 0. The smallest absolute Gasteiger partial charge is 0.264 e. The zero-order valence-corrected chi connectivity index (χ0v) is 8.45. The molecule has 0 unspecified atom stereocenters. The van der Waals surface area contributed by atoms with Crippen LogP contribution in [0.3, 0.4) is 0 Å². The number of ether oxygens (including phenoxy) is 1. The number of carbonyl (C=O) groups is 1. The topological polar surface area (TPSA) is 55.6 Å². The molecule has 2 aliphatic rings. The first-order valence-corrected chi connectivity index (χ1v) is 4.99. The van der Waals surface area contributed by atoms with Gasteiger partial charge < -0.3 is 15.4 Å². The third-order valence-electron chi connectivity index (χ3n) is 2.86. The van der Waals surface area contributed by atoms with Gasteiger partial charge >= 0.3 is 0 Å². The van der Waals surface area contributed by atoms with E-state index in [1.165, 1.54) is 0 Å². The summed E-state index contributed by atoms with van der Waals surface area (Å²) >= 11 is 0. The highest BCUT2D eigenvalue weighted by molar-refractivity contribution is 5.91. The molecule has 0 aromatic heterocycles. The van der Waals surface area contributed by atoms with E-state index < -0.39 is 0 Å². The van der Waals surface area contributed by atoms with Gasteiger partial charge in [-0.3, -0.25) is 4.79 Å². The lowest BCUT2D eigenvalue weighted by molar-refractivity contribution is -0.181. The van der Waals surface area contributed by atoms with E-state index in [2.05, 4.69) is 0 Å². The first-order valence-electron chi connectivity index (χ1n) is 4.99. The van der Waals surface area contributed by atoms with Crippen LogP contribution < -0.4 is 5.73 Å². The van der Waals surface area contributed by atoms with Crippen molar-refractivity contribution in [1.82, 2.24) is 4.90 Å². The molecule has 0 saturated carbocycles. The van der Waals surface area contributed by atoms with Gasteiger partial charge in [0.25, 0.3) is 5.91 Å². The van der Waals surface area contributed by atoms with Crippen LogP contribution in [0.4, 0.5) is 0 Å². The van der Waals surface area contributed by atoms with Gasteiger partial charge in [0.15, 0.2) is 0 Å². The maximum absolute atomic E-state index is 11.1. The molecular weight excluding hydrogens is 180 g/mol. The van der Waals surface area contributed by atoms with Crippen molar-refractivity contribution in [2.75, 3.05) is 26.3 Å². The molecule has 0 aromatic carbocycles. The molecule has 1 amide bonds. The second-order valence-electron chi connectivity index (χ2n) is 4.21. The first-order chi connectivity index (χ1) is 6.67. The highest BCUT2D eigenvalue weighted by atomic mass is 16.5. The minimum absolute atomic E-state index is 0.318. The summed E-state index contributed by atoms with van der Waals surface area (Å²) in [6.07, 6.45) is 2.74. The minimum atomic E-state index is -0.318. The fourth-order valence-corrected chi connectivity index (χ4v) is 2.09. The lowest BCUT2D eigenvalue weighted by atomic mass is 9.77. The van der Waals surface area contributed by atoms with E-state index in [0.29, 0.717) is 11.1 Å². The van der Waals surface area contributed by atoms with Crippen molar-refractivity contribution in [3.05, 3.63) is 11.8 Å². The van der Waals surface area contributed by atoms with Crippen LogP contribution in [0, 0.1) is 5.41 Å². The number of nitrogens with zero attached hydrogens (tertiary/aromatic N) is 1. The molecule has 2 N–H and O–H groups in total. The van der Waals surface area contributed by atoms with Crippen molar-refractivity contribution in [2.45, 2.75) is 13.3 Å². The van der Waals surface area contributed by atoms with Crippen molar-refractivity contribution in [3.8, 4) is 0 Å². The van der Waals surface area contributed by atoms with Gasteiger partial charge in [0.2, 0.25) is 0 Å². The predicted octanol–water partition coefficient (Wildman–Crippen LogP) is 0.0978. The van der Waals surface area contributed by atoms with E-state index >= 15 is 0 Å². The third-order valence-corrected chi connectivity index (χ3v) is 2.86. The van der Waals surface area contributed by atoms with Gasteiger partial charge in [-0.15, -0.1) is 0 Å². The van der Waals surface area contributed by atoms with Crippen LogP contribution in [0.1, 0.15) is 13.3 Å². The summed E-state index contributed by atoms with van der Waals surface area (Å²) in [7, 11) is 0. The average Bonchev–Trinajstić information content (AvgIpc) is 1.97. The predicted molar refractivity (Wildman–Crippen MR) is 52.4 cm³/mol. The molecule has 4 nitrogen and oxygen atoms in total. The second-order valence-corrected chi connectivity index (χ2v) is 4.21. The van der Waals surface area contributed by atoms with E-state index in [1.807, 2.05) is 17.9 Å². The van der Waals surface area contributed by atoms with Gasteiger partial charge in [0.1, 0.15) is 0 Å². The molecule has 2 saturated heterocycles. The van der Waals surface area contributed by atoms with Crippen LogP contribution in [0.15, 0.2) is 11.8 Å². The summed E-state index contributed by atoms with van der Waals surface area (Å²) in [6.45, 7) is 5.51. The molecule has 78 valence electrons. The van der Waals surface area contributed by atoms with E-state index in [-0.39, 0.29) is 5.91 Å². The van der Waals surface area contributed by atoms with Gasteiger partial charge in [-0.25, -0.2) is 0 Å². The van der Waals surface area contributed by atoms with Crippen LogP contribution in [0.5, 0.6) is 0 Å². The molecule has 2 heterocycles. The summed E-state index contributed by atoms with van der Waals surface area (Å²) in [5.41, 5.74) is 6.31. The summed E-state index contributed by atoms with van der Waals surface area (Å²) in [5.74, 6) is -0.318. The Balaban J connectivity index is 1.95. The summed E-state index contributed by atoms with van der Waals surface area (Å²) in [4.78, 5) is 13.2. The van der Waals surface area contributed by atoms with Crippen LogP contribution >= 0.6 is 0 Å². The molecule has 2 rings (SSSR count). The number of allylic oxidation sites excluding steroid dienone is 1. The molecule has 2 aliphatic heterocycles. The minimum Gasteiger partial charge on any atom is -0.380 e. The lowest BCUT2D eigenvalue weighted by Crippen LogP contribution is -2.66. The average molecular weight is 196 g/mol. The van der Waals surface area contributed by atoms with Crippen molar-refractivity contribution in [3.63, 3.8) is 0 Å². The summed E-state index contributed by atoms with van der Waals surface area (Å²) < 4.78 is 5.17. The molecule has 0 atom stereocenters. The molecule has 2 fully saturated rings. The number of nitrogens with two attached hydrogens (primary N) is 1. The monoisotopic (exact) mass is 196 g/mol. The Kier molecular flexibility index (Phi) is 2.23. The Bertz CT molecular complexity index is 274. The van der Waals surface area contributed by atoms with E-state index in [0.717, 1.165) is 32.7 Å². The highest BCUT2D eigenvalue weighted by Gasteiger charge is 2.50. The molecule has 1 spiro atoms. The molecule has 0 aliphatic carbocycles. The standard InChI is InChI=1S/C10H16N2O2/c1-2-3-8(9(11)13)12-4-10(5-12)6-14-7-10/h3H,2,4-7H2,1H3,(H2,11,13)/b8-3-. The second kappa shape index (κ2) is 3.28. The third kappa shape index (κ3) is 1.39. The van der Waals surface area contributed by atoms with Gasteiger partial charge in [-0.1, -0.05) is 13.0 Å². The number of hydrogen-bond acceptors (Lipinski definition) is 3. The van der Waals surface area contributed by atoms with E-state index in [1.54, 1.807) is 0 Å². The molecule has 0 aromatic rings. The Morgan fingerprint density at radius 3 is 2.57 bits per heavy atom. The van der Waals surface area contributed by atoms with Crippen LogP contribution in [0.25, 0.3) is 0 Å². The fraction of sp³-hybridized carbons (Fsp3) is 0.700. The fourth-order valence-electron chi connectivity index (χ4n) is 2.09. The van der Waals surface area contributed by atoms with Crippen LogP contribution in [-0.4, -0.2) is 37.1 Å². The first kappa shape index (κ1) is 9.52. The SMILES string of the molecule is CC/C=C(/C(N)=O)N1CC2(COC2)C1. The zero-order valence-electron chi connectivity index (χ0n) is 8.45. The van der Waals surface area contributed by atoms with Crippen molar-refractivity contribution < 1.29 is 9.53 Å². The molecule has 4 heteroatoms.